The van der Waals surface area contributed by atoms with Gasteiger partial charge >= 0.3 is 0 Å². The number of aromatic nitrogens is 1. The van der Waals surface area contributed by atoms with Crippen molar-refractivity contribution in [2.24, 2.45) is 0 Å². The lowest BCUT2D eigenvalue weighted by molar-refractivity contribution is -0.0412. The predicted molar refractivity (Wildman–Crippen MR) is 68.4 cm³/mol. The Morgan fingerprint density at radius 3 is 2.58 bits per heavy atom. The second kappa shape index (κ2) is 5.43. The van der Waals surface area contributed by atoms with Gasteiger partial charge in [0, 0.05) is 25.2 Å². The Labute approximate surface area is 112 Å². The maximum Gasteiger partial charge on any atom is 0.216 e. The molecule has 0 amide bonds. The number of rotatable bonds is 3. The average Bonchev–Trinajstić information content (AvgIpc) is 2.39. The van der Waals surface area contributed by atoms with Gasteiger partial charge < -0.3 is 9.84 Å². The van der Waals surface area contributed by atoms with Crippen molar-refractivity contribution in [3.05, 3.63) is 24.1 Å². The fourth-order valence-corrected chi connectivity index (χ4v) is 2.84. The summed E-state index contributed by atoms with van der Waals surface area (Å²) in [5.41, 5.74) is 0. The third-order valence-electron chi connectivity index (χ3n) is 4.12. The molecule has 1 aliphatic heterocycles. The van der Waals surface area contributed by atoms with Gasteiger partial charge in [0.05, 0.1) is 6.10 Å². The number of nitrogens with zero attached hydrogens (tertiary/aromatic N) is 2. The molecule has 0 aromatic carbocycles. The Kier molecular flexibility index (Phi) is 3.66. The first-order valence-corrected chi connectivity index (χ1v) is 6.94. The molecule has 1 aromatic heterocycles. The molecule has 1 saturated heterocycles. The van der Waals surface area contributed by atoms with Gasteiger partial charge in [0.2, 0.25) is 11.8 Å². The summed E-state index contributed by atoms with van der Waals surface area (Å²) >= 11 is 0. The number of hydrogen-bond acceptors (Lipinski definition) is 4. The number of ether oxygens (including phenoxy) is 1. The summed E-state index contributed by atoms with van der Waals surface area (Å²) in [7, 11) is 0. The first-order valence-electron chi connectivity index (χ1n) is 6.94. The van der Waals surface area contributed by atoms with Crippen LogP contribution in [0.4, 0.5) is 4.39 Å². The van der Waals surface area contributed by atoms with E-state index in [1.54, 1.807) is 12.1 Å². The number of halogens is 1. The molecule has 2 heterocycles. The maximum absolute atomic E-state index is 13.0. The van der Waals surface area contributed by atoms with E-state index in [2.05, 4.69) is 9.88 Å². The fraction of sp³-hybridized carbons (Fsp3) is 0.643. The van der Waals surface area contributed by atoms with Crippen LogP contribution in [0.15, 0.2) is 18.2 Å². The van der Waals surface area contributed by atoms with Crippen molar-refractivity contribution in [3.8, 4) is 5.88 Å². The SMILES string of the molecule is OC1CCC1N1CCC(Oc2cccc(F)n2)CC1. The van der Waals surface area contributed by atoms with Crippen molar-refractivity contribution in [2.75, 3.05) is 13.1 Å². The molecule has 0 bridgehead atoms. The van der Waals surface area contributed by atoms with Gasteiger partial charge in [0.15, 0.2) is 0 Å². The molecular formula is C14H19FN2O2. The Bertz CT molecular complexity index is 435. The Morgan fingerprint density at radius 1 is 1.21 bits per heavy atom. The molecule has 0 radical (unpaired) electrons. The summed E-state index contributed by atoms with van der Waals surface area (Å²) < 4.78 is 18.7. The van der Waals surface area contributed by atoms with Crippen LogP contribution in [0, 0.1) is 5.95 Å². The van der Waals surface area contributed by atoms with Gasteiger partial charge in [-0.05, 0) is 31.7 Å². The van der Waals surface area contributed by atoms with Crippen LogP contribution in [-0.4, -0.2) is 46.3 Å². The van der Waals surface area contributed by atoms with Gasteiger partial charge in [-0.3, -0.25) is 4.90 Å². The molecule has 3 rings (SSSR count). The highest BCUT2D eigenvalue weighted by Gasteiger charge is 2.36. The molecule has 4 nitrogen and oxygen atoms in total. The number of aliphatic hydroxyl groups excluding tert-OH is 1. The third kappa shape index (κ3) is 2.87. The van der Waals surface area contributed by atoms with Crippen molar-refractivity contribution >= 4 is 0 Å². The molecule has 19 heavy (non-hydrogen) atoms. The zero-order valence-electron chi connectivity index (χ0n) is 10.8. The Balaban J connectivity index is 1.50. The molecule has 1 aromatic rings. The van der Waals surface area contributed by atoms with E-state index in [4.69, 9.17) is 4.74 Å². The smallest absolute Gasteiger partial charge is 0.216 e. The van der Waals surface area contributed by atoms with Gasteiger partial charge in [0.1, 0.15) is 6.10 Å². The minimum Gasteiger partial charge on any atom is -0.474 e. The van der Waals surface area contributed by atoms with Crippen molar-refractivity contribution in [1.29, 1.82) is 0 Å². The molecule has 0 spiro atoms. The quantitative estimate of drug-likeness (QED) is 0.844. The normalized spacial score (nSPS) is 28.9. The standard InChI is InChI=1S/C14H19FN2O2/c15-13-2-1-3-14(16-13)19-10-6-8-17(9-7-10)11-4-5-12(11)18/h1-3,10-12,18H,4-9H2. The average molecular weight is 266 g/mol. The van der Waals surface area contributed by atoms with Crippen molar-refractivity contribution in [2.45, 2.75) is 43.9 Å². The summed E-state index contributed by atoms with van der Waals surface area (Å²) in [5, 5.41) is 9.67. The van der Waals surface area contributed by atoms with E-state index in [1.807, 2.05) is 0 Å². The lowest BCUT2D eigenvalue weighted by Gasteiger charge is -2.44. The Hall–Kier alpha value is -1.20. The molecule has 1 saturated carbocycles. The van der Waals surface area contributed by atoms with Crippen molar-refractivity contribution < 1.29 is 14.2 Å². The first kappa shape index (κ1) is 12.8. The molecule has 1 aliphatic carbocycles. The number of aliphatic hydroxyl groups is 1. The monoisotopic (exact) mass is 266 g/mol. The summed E-state index contributed by atoms with van der Waals surface area (Å²) in [6, 6.07) is 4.95. The number of pyridine rings is 1. The van der Waals surface area contributed by atoms with E-state index in [0.717, 1.165) is 38.8 Å². The molecule has 104 valence electrons. The van der Waals surface area contributed by atoms with Crippen LogP contribution in [-0.2, 0) is 0 Å². The molecule has 5 heteroatoms. The first-order chi connectivity index (χ1) is 9.22. The van der Waals surface area contributed by atoms with Crippen LogP contribution in [0.3, 0.4) is 0 Å². The van der Waals surface area contributed by atoms with Crippen LogP contribution in [0.1, 0.15) is 25.7 Å². The van der Waals surface area contributed by atoms with E-state index in [9.17, 15) is 9.50 Å². The number of likely N-dealkylation sites (tertiary alicyclic amines) is 1. The van der Waals surface area contributed by atoms with E-state index < -0.39 is 5.95 Å². The molecule has 2 unspecified atom stereocenters. The van der Waals surface area contributed by atoms with E-state index in [1.165, 1.54) is 6.07 Å². The summed E-state index contributed by atoms with van der Waals surface area (Å²) in [6.07, 6.45) is 3.78. The van der Waals surface area contributed by atoms with Gasteiger partial charge in [0.25, 0.3) is 0 Å². The van der Waals surface area contributed by atoms with Crippen LogP contribution in [0.25, 0.3) is 0 Å². The van der Waals surface area contributed by atoms with E-state index >= 15 is 0 Å². The number of hydrogen-bond donors (Lipinski definition) is 1. The molecular weight excluding hydrogens is 247 g/mol. The molecule has 2 atom stereocenters. The number of piperidine rings is 1. The minimum absolute atomic E-state index is 0.0998. The Morgan fingerprint density at radius 2 is 2.00 bits per heavy atom. The largest absolute Gasteiger partial charge is 0.474 e. The zero-order chi connectivity index (χ0) is 13.2. The fourth-order valence-electron chi connectivity index (χ4n) is 2.84. The molecule has 2 fully saturated rings. The highest BCUT2D eigenvalue weighted by atomic mass is 19.1. The molecule has 2 aliphatic rings. The molecule has 1 N–H and O–H groups in total. The third-order valence-corrected chi connectivity index (χ3v) is 4.12. The van der Waals surface area contributed by atoms with Gasteiger partial charge in [-0.25, -0.2) is 0 Å². The van der Waals surface area contributed by atoms with E-state index in [-0.39, 0.29) is 12.2 Å². The van der Waals surface area contributed by atoms with Crippen LogP contribution in [0.2, 0.25) is 0 Å². The summed E-state index contributed by atoms with van der Waals surface area (Å²) in [5.74, 6) is -0.144. The maximum atomic E-state index is 13.0. The topological polar surface area (TPSA) is 45.6 Å². The second-order valence-electron chi connectivity index (χ2n) is 5.36. The van der Waals surface area contributed by atoms with E-state index in [0.29, 0.717) is 11.9 Å². The summed E-state index contributed by atoms with van der Waals surface area (Å²) in [6.45, 7) is 1.86. The van der Waals surface area contributed by atoms with Gasteiger partial charge in [-0.15, -0.1) is 0 Å². The highest BCUT2D eigenvalue weighted by Crippen LogP contribution is 2.28. The van der Waals surface area contributed by atoms with Crippen molar-refractivity contribution in [3.63, 3.8) is 0 Å². The lowest BCUT2D eigenvalue weighted by atomic mass is 9.86. The van der Waals surface area contributed by atoms with Crippen LogP contribution >= 0.6 is 0 Å². The van der Waals surface area contributed by atoms with Gasteiger partial charge in [-0.1, -0.05) is 6.07 Å². The predicted octanol–water partition coefficient (Wildman–Crippen LogP) is 1.59. The summed E-state index contributed by atoms with van der Waals surface area (Å²) in [4.78, 5) is 6.06. The highest BCUT2D eigenvalue weighted by molar-refractivity contribution is 5.11. The van der Waals surface area contributed by atoms with Crippen molar-refractivity contribution in [1.82, 2.24) is 9.88 Å². The lowest BCUT2D eigenvalue weighted by Crippen LogP contribution is -2.54. The second-order valence-corrected chi connectivity index (χ2v) is 5.36. The van der Waals surface area contributed by atoms with Crippen LogP contribution in [0.5, 0.6) is 5.88 Å². The zero-order valence-corrected chi connectivity index (χ0v) is 10.8. The minimum atomic E-state index is -0.507. The van der Waals surface area contributed by atoms with Gasteiger partial charge in [-0.2, -0.15) is 9.37 Å². The van der Waals surface area contributed by atoms with Crippen LogP contribution < -0.4 is 4.74 Å².